The van der Waals surface area contributed by atoms with Gasteiger partial charge in [0, 0.05) is 18.8 Å². The molecule has 0 aromatic heterocycles. The summed E-state index contributed by atoms with van der Waals surface area (Å²) in [7, 11) is -4.21. The van der Waals surface area contributed by atoms with Crippen LogP contribution in [0.3, 0.4) is 0 Å². The lowest BCUT2D eigenvalue weighted by Crippen LogP contribution is -2.36. The summed E-state index contributed by atoms with van der Waals surface area (Å²) in [6.45, 7) is 4.02. The minimum atomic E-state index is -4.21. The number of aliphatic hydroxyl groups is 1. The van der Waals surface area contributed by atoms with Gasteiger partial charge in [0.2, 0.25) is 0 Å². The molecule has 0 heterocycles. The Morgan fingerprint density at radius 1 is 1.42 bits per heavy atom. The third-order valence-corrected chi connectivity index (χ3v) is 3.53. The topological polar surface area (TPSA) is 77.8 Å². The van der Waals surface area contributed by atoms with Gasteiger partial charge in [-0.3, -0.25) is 4.55 Å². The van der Waals surface area contributed by atoms with Crippen LogP contribution in [0.1, 0.15) is 12.5 Å². The van der Waals surface area contributed by atoms with E-state index in [1.807, 2.05) is 6.92 Å². The molecular formula is C12H18FNO4S. The van der Waals surface area contributed by atoms with E-state index in [2.05, 4.69) is 0 Å². The highest BCUT2D eigenvalue weighted by atomic mass is 32.2. The Balaban J connectivity index is 2.80. The molecule has 1 aromatic carbocycles. The molecule has 5 nitrogen and oxygen atoms in total. The van der Waals surface area contributed by atoms with Gasteiger partial charge in [0.1, 0.15) is 11.6 Å². The smallest absolute Gasteiger partial charge is 0.267 e. The third kappa shape index (κ3) is 5.14. The van der Waals surface area contributed by atoms with Gasteiger partial charge in [0.15, 0.2) is 0 Å². The lowest BCUT2D eigenvalue weighted by Gasteiger charge is -2.25. The summed E-state index contributed by atoms with van der Waals surface area (Å²) in [5.74, 6) is -1.04. The number of hydrogen-bond acceptors (Lipinski definition) is 4. The van der Waals surface area contributed by atoms with Gasteiger partial charge in [-0.25, -0.2) is 4.39 Å². The maximum absolute atomic E-state index is 13.2. The van der Waals surface area contributed by atoms with Gasteiger partial charge >= 0.3 is 0 Å². The molecular weight excluding hydrogens is 273 g/mol. The number of hydrogen-bond donors (Lipinski definition) is 2. The second kappa shape index (κ2) is 6.31. The quantitative estimate of drug-likeness (QED) is 0.770. The first-order chi connectivity index (χ1) is 8.73. The van der Waals surface area contributed by atoms with Crippen molar-refractivity contribution in [2.45, 2.75) is 20.0 Å². The molecule has 0 spiro atoms. The molecule has 2 N–H and O–H groups in total. The minimum absolute atomic E-state index is 0.0430. The molecule has 0 aliphatic carbocycles. The van der Waals surface area contributed by atoms with Crippen molar-refractivity contribution in [3.05, 3.63) is 29.6 Å². The Bertz CT molecular complexity index is 533. The molecule has 19 heavy (non-hydrogen) atoms. The fraction of sp³-hybridized carbons (Fsp3) is 0.500. The number of aliphatic hydroxyl groups excluding tert-OH is 1. The average molecular weight is 291 g/mol. The third-order valence-electron chi connectivity index (χ3n) is 2.72. The summed E-state index contributed by atoms with van der Waals surface area (Å²) in [5.41, 5.74) is 1.16. The van der Waals surface area contributed by atoms with Gasteiger partial charge < -0.3 is 10.0 Å². The number of likely N-dealkylation sites (N-methyl/N-ethyl adjacent to an activating group) is 1. The molecule has 0 radical (unpaired) electrons. The molecule has 7 heteroatoms. The zero-order chi connectivity index (χ0) is 14.6. The van der Waals surface area contributed by atoms with Crippen LogP contribution in [-0.2, 0) is 10.1 Å². The first-order valence-electron chi connectivity index (χ1n) is 5.87. The fourth-order valence-corrected chi connectivity index (χ4v) is 2.38. The van der Waals surface area contributed by atoms with Crippen molar-refractivity contribution in [1.82, 2.24) is 0 Å². The van der Waals surface area contributed by atoms with Gasteiger partial charge in [-0.15, -0.1) is 0 Å². The molecule has 0 saturated heterocycles. The monoisotopic (exact) mass is 291 g/mol. The van der Waals surface area contributed by atoms with Gasteiger partial charge in [-0.2, -0.15) is 8.42 Å². The zero-order valence-electron chi connectivity index (χ0n) is 10.9. The summed E-state index contributed by atoms with van der Waals surface area (Å²) in [6, 6.07) is 4.51. The number of aryl methyl sites for hydroxylation is 1. The summed E-state index contributed by atoms with van der Waals surface area (Å²) in [5, 5.41) is 9.62. The van der Waals surface area contributed by atoms with E-state index >= 15 is 0 Å². The summed E-state index contributed by atoms with van der Waals surface area (Å²) in [4.78, 5) is 1.71. The molecule has 1 rings (SSSR count). The predicted molar refractivity (Wildman–Crippen MR) is 71.4 cm³/mol. The molecule has 0 fully saturated rings. The maximum Gasteiger partial charge on any atom is 0.267 e. The Kier molecular flexibility index (Phi) is 5.28. The van der Waals surface area contributed by atoms with E-state index in [1.54, 1.807) is 24.0 Å². The molecule has 1 unspecified atom stereocenters. The lowest BCUT2D eigenvalue weighted by atomic mass is 10.2. The largest absolute Gasteiger partial charge is 0.390 e. The Hall–Kier alpha value is -1.18. The van der Waals surface area contributed by atoms with Crippen LogP contribution in [0.2, 0.25) is 0 Å². The van der Waals surface area contributed by atoms with Crippen LogP contribution in [0, 0.1) is 12.7 Å². The van der Waals surface area contributed by atoms with Crippen LogP contribution >= 0.6 is 0 Å². The zero-order valence-corrected chi connectivity index (χ0v) is 11.7. The van der Waals surface area contributed by atoms with Crippen LogP contribution in [0.4, 0.5) is 10.1 Å². The van der Waals surface area contributed by atoms with Crippen molar-refractivity contribution in [2.24, 2.45) is 0 Å². The number of rotatable bonds is 6. The van der Waals surface area contributed by atoms with Crippen molar-refractivity contribution in [3.63, 3.8) is 0 Å². The first kappa shape index (κ1) is 15.9. The number of benzene rings is 1. The number of halogens is 1. The fourth-order valence-electron chi connectivity index (χ4n) is 1.79. The van der Waals surface area contributed by atoms with Gasteiger partial charge in [0.05, 0.1) is 6.10 Å². The van der Waals surface area contributed by atoms with E-state index in [0.717, 1.165) is 0 Å². The Morgan fingerprint density at radius 3 is 2.53 bits per heavy atom. The molecule has 108 valence electrons. The standard InChI is InChI=1S/C12H18FNO4S/c1-3-14(7-11(15)8-19(16,17)18)10-4-5-12(13)9(2)6-10/h4-6,11,15H,3,7-8H2,1-2H3,(H,16,17,18). The van der Waals surface area contributed by atoms with E-state index in [4.69, 9.17) is 4.55 Å². The van der Waals surface area contributed by atoms with E-state index in [9.17, 15) is 17.9 Å². The second-order valence-corrected chi connectivity index (χ2v) is 5.87. The highest BCUT2D eigenvalue weighted by molar-refractivity contribution is 7.85. The van der Waals surface area contributed by atoms with Crippen LogP contribution in [0.25, 0.3) is 0 Å². The van der Waals surface area contributed by atoms with E-state index in [0.29, 0.717) is 17.8 Å². The van der Waals surface area contributed by atoms with E-state index < -0.39 is 22.0 Å². The molecule has 0 bridgehead atoms. The average Bonchev–Trinajstić information content (AvgIpc) is 2.27. The second-order valence-electron chi connectivity index (χ2n) is 4.37. The maximum atomic E-state index is 13.2. The van der Waals surface area contributed by atoms with Crippen LogP contribution in [-0.4, -0.2) is 43.0 Å². The van der Waals surface area contributed by atoms with Crippen molar-refractivity contribution < 1.29 is 22.5 Å². The van der Waals surface area contributed by atoms with Gasteiger partial charge in [-0.05, 0) is 37.6 Å². The molecule has 0 saturated carbocycles. The normalized spacial score (nSPS) is 13.3. The molecule has 1 atom stereocenters. The molecule has 0 aliphatic heterocycles. The lowest BCUT2D eigenvalue weighted by molar-refractivity contribution is 0.200. The van der Waals surface area contributed by atoms with Crippen LogP contribution < -0.4 is 4.90 Å². The number of nitrogens with zero attached hydrogens (tertiary/aromatic N) is 1. The van der Waals surface area contributed by atoms with Crippen molar-refractivity contribution in [2.75, 3.05) is 23.7 Å². The molecule has 0 amide bonds. The Morgan fingerprint density at radius 2 is 2.05 bits per heavy atom. The minimum Gasteiger partial charge on any atom is -0.390 e. The molecule has 1 aromatic rings. The summed E-state index contributed by atoms with van der Waals surface area (Å²) in [6.07, 6.45) is -1.21. The molecule has 0 aliphatic rings. The number of anilines is 1. The Labute approximate surface area is 112 Å². The highest BCUT2D eigenvalue weighted by Crippen LogP contribution is 2.18. The van der Waals surface area contributed by atoms with E-state index in [-0.39, 0.29) is 12.4 Å². The van der Waals surface area contributed by atoms with Gasteiger partial charge in [0.25, 0.3) is 10.1 Å². The van der Waals surface area contributed by atoms with Crippen molar-refractivity contribution in [1.29, 1.82) is 0 Å². The summed E-state index contributed by atoms with van der Waals surface area (Å²) >= 11 is 0. The van der Waals surface area contributed by atoms with Crippen LogP contribution in [0.5, 0.6) is 0 Å². The highest BCUT2D eigenvalue weighted by Gasteiger charge is 2.17. The van der Waals surface area contributed by atoms with E-state index in [1.165, 1.54) is 6.07 Å². The van der Waals surface area contributed by atoms with Gasteiger partial charge in [-0.1, -0.05) is 0 Å². The first-order valence-corrected chi connectivity index (χ1v) is 7.48. The SMILES string of the molecule is CCN(CC(O)CS(=O)(=O)O)c1ccc(F)c(C)c1. The van der Waals surface area contributed by atoms with Crippen molar-refractivity contribution in [3.8, 4) is 0 Å². The van der Waals surface area contributed by atoms with Crippen molar-refractivity contribution >= 4 is 15.8 Å². The summed E-state index contributed by atoms with van der Waals surface area (Å²) < 4.78 is 43.2. The predicted octanol–water partition coefficient (Wildman–Crippen LogP) is 1.21. The van der Waals surface area contributed by atoms with Crippen LogP contribution in [0.15, 0.2) is 18.2 Å².